The number of carbonyl (C=O) groups is 1. The molecule has 20 atom stereocenters. The van der Waals surface area contributed by atoms with Gasteiger partial charge in [-0.2, -0.15) is 0 Å². The maximum atomic E-state index is 12.0. The van der Waals surface area contributed by atoms with E-state index in [-0.39, 0.29) is 6.61 Å². The summed E-state index contributed by atoms with van der Waals surface area (Å²) in [5, 5.41) is 119. The van der Waals surface area contributed by atoms with Gasteiger partial charge in [-0.1, -0.05) is 39.0 Å². The lowest BCUT2D eigenvalue weighted by atomic mass is 9.95. The van der Waals surface area contributed by atoms with E-state index in [9.17, 15) is 61.0 Å². The number of unbranched alkanes of at least 4 members (excludes halogenated alkanes) is 5. The Morgan fingerprint density at radius 2 is 1.05 bits per heavy atom. The lowest BCUT2D eigenvalue weighted by molar-refractivity contribution is -0.385. The molecule has 22 nitrogen and oxygen atoms in total. The van der Waals surface area contributed by atoms with Crippen LogP contribution >= 0.6 is 0 Å². The van der Waals surface area contributed by atoms with Crippen LogP contribution in [0.2, 0.25) is 0 Å². The first-order valence-corrected chi connectivity index (χ1v) is 19.5. The van der Waals surface area contributed by atoms with E-state index in [1.54, 1.807) is 0 Å². The van der Waals surface area contributed by atoms with Crippen LogP contribution in [0.3, 0.4) is 0 Å². The van der Waals surface area contributed by atoms with Crippen LogP contribution in [0.1, 0.15) is 52.4 Å². The first kappa shape index (κ1) is 48.3. The molecular weight excluding hydrogens is 770 g/mol. The molecule has 0 bridgehead atoms. The fraction of sp³-hybridized carbons (Fsp3) is 0.971. The largest absolute Gasteiger partial charge is 0.394 e. The van der Waals surface area contributed by atoms with Crippen molar-refractivity contribution in [3.63, 3.8) is 0 Å². The maximum absolute atomic E-state index is 12.0. The number of aliphatic hydroxyl groups is 11. The van der Waals surface area contributed by atoms with Crippen molar-refractivity contribution < 1.29 is 104 Å². The minimum Gasteiger partial charge on any atom is -0.394 e. The smallest absolute Gasteiger partial charge is 0.217 e. The van der Waals surface area contributed by atoms with E-state index in [2.05, 4.69) is 12.2 Å². The average molecular weight is 834 g/mol. The predicted octanol–water partition coefficient (Wildman–Crippen LogP) is -5.57. The molecular formula is C35H63NO21. The Morgan fingerprint density at radius 3 is 1.63 bits per heavy atom. The summed E-state index contributed by atoms with van der Waals surface area (Å²) in [6.45, 7) is 0.484. The van der Waals surface area contributed by atoms with Gasteiger partial charge in [-0.15, -0.1) is 0 Å². The standard InChI is InChI=1S/C35H63NO21/c1-4-5-6-7-8-9-10-50-33-28(48)29(24(44)19(55-33)14-51-34-30(49-3)26(46)22(42)17(12-38)53-34)56-35-31(27(47)23(43)18(13-39)54-35)57-32-20(36-15(2)40)25(45)21(41)16(11-37)52-32/h16-35,37-39,41-48H,4-14H2,1-3H3,(H,36,40)/t16-,17-,18-,19-,20-,21-,22-,23-,24-,25-,26+,27+,28+,29+,30+,31+,32+,33-,34+,35-/m1/s1. The highest BCUT2D eigenvalue weighted by Gasteiger charge is 2.55. The molecule has 57 heavy (non-hydrogen) atoms. The van der Waals surface area contributed by atoms with Crippen LogP contribution in [0, 0.1) is 0 Å². The molecule has 0 radical (unpaired) electrons. The number of nitrogens with one attached hydrogen (secondary N) is 1. The molecule has 4 heterocycles. The summed E-state index contributed by atoms with van der Waals surface area (Å²) in [6, 6.07) is -1.50. The van der Waals surface area contributed by atoms with Crippen LogP contribution in [0.4, 0.5) is 0 Å². The number of hydrogen-bond donors (Lipinski definition) is 12. The fourth-order valence-corrected chi connectivity index (χ4v) is 7.26. The number of methoxy groups -OCH3 is 1. The van der Waals surface area contributed by atoms with Crippen molar-refractivity contribution in [2.45, 2.75) is 175 Å². The molecule has 0 aliphatic carbocycles. The lowest BCUT2D eigenvalue weighted by Gasteiger charge is -2.49. The Labute approximate surface area is 330 Å². The summed E-state index contributed by atoms with van der Waals surface area (Å²) in [6.07, 6.45) is -25.0. The second-order valence-electron chi connectivity index (χ2n) is 14.7. The van der Waals surface area contributed by atoms with E-state index < -0.39 is 155 Å². The third-order valence-corrected chi connectivity index (χ3v) is 10.6. The quantitative estimate of drug-likeness (QED) is 0.0509. The van der Waals surface area contributed by atoms with Gasteiger partial charge in [0.25, 0.3) is 0 Å². The number of carbonyl (C=O) groups excluding carboxylic acids is 1. The first-order chi connectivity index (χ1) is 27.2. The molecule has 0 aromatic carbocycles. The summed E-state index contributed by atoms with van der Waals surface area (Å²) in [5.41, 5.74) is 0. The highest BCUT2D eigenvalue weighted by Crippen LogP contribution is 2.34. The Kier molecular flexibility index (Phi) is 19.5. The fourth-order valence-electron chi connectivity index (χ4n) is 7.26. The van der Waals surface area contributed by atoms with E-state index in [1.807, 2.05) is 0 Å². The van der Waals surface area contributed by atoms with Crippen LogP contribution < -0.4 is 5.32 Å². The molecule has 0 aromatic heterocycles. The van der Waals surface area contributed by atoms with Crippen molar-refractivity contribution in [1.29, 1.82) is 0 Å². The van der Waals surface area contributed by atoms with Crippen LogP contribution in [-0.2, 0) is 47.4 Å². The molecule has 334 valence electrons. The Hall–Kier alpha value is -1.33. The van der Waals surface area contributed by atoms with E-state index in [0.29, 0.717) is 6.42 Å². The highest BCUT2D eigenvalue weighted by atomic mass is 16.8. The minimum absolute atomic E-state index is 0.122. The third kappa shape index (κ3) is 11.9. The van der Waals surface area contributed by atoms with Gasteiger partial charge in [0.2, 0.25) is 5.91 Å². The summed E-state index contributed by atoms with van der Waals surface area (Å²) in [4.78, 5) is 12.0. The number of ether oxygens (including phenoxy) is 9. The second-order valence-corrected chi connectivity index (χ2v) is 14.7. The molecule has 1 amide bonds. The molecule has 0 spiro atoms. The molecule has 12 N–H and O–H groups in total. The van der Waals surface area contributed by atoms with Gasteiger partial charge in [0.15, 0.2) is 25.2 Å². The molecule has 4 fully saturated rings. The van der Waals surface area contributed by atoms with Crippen molar-refractivity contribution >= 4 is 5.91 Å². The second kappa shape index (κ2) is 23.0. The number of amides is 1. The maximum Gasteiger partial charge on any atom is 0.217 e. The first-order valence-electron chi connectivity index (χ1n) is 19.5. The zero-order valence-electron chi connectivity index (χ0n) is 32.3. The van der Waals surface area contributed by atoms with Gasteiger partial charge in [0.1, 0.15) is 97.6 Å². The lowest BCUT2D eigenvalue weighted by Crippen LogP contribution is -2.68. The average Bonchev–Trinajstić information content (AvgIpc) is 3.19. The van der Waals surface area contributed by atoms with Gasteiger partial charge in [0, 0.05) is 20.6 Å². The Bertz CT molecular complexity index is 1180. The van der Waals surface area contributed by atoms with Crippen LogP contribution in [0.5, 0.6) is 0 Å². The molecule has 0 saturated carbocycles. The summed E-state index contributed by atoms with van der Waals surface area (Å²) in [5.74, 6) is -0.679. The van der Waals surface area contributed by atoms with Crippen LogP contribution in [-0.4, -0.2) is 225 Å². The van der Waals surface area contributed by atoms with Gasteiger partial charge in [0.05, 0.1) is 26.4 Å². The summed E-state index contributed by atoms with van der Waals surface area (Å²) in [7, 11) is 1.23. The van der Waals surface area contributed by atoms with Crippen molar-refractivity contribution in [3.05, 3.63) is 0 Å². The topological polar surface area (TPSA) is 335 Å². The Balaban J connectivity index is 1.59. The Morgan fingerprint density at radius 1 is 0.544 bits per heavy atom. The normalized spacial score (nSPS) is 44.2. The summed E-state index contributed by atoms with van der Waals surface area (Å²) >= 11 is 0. The van der Waals surface area contributed by atoms with Crippen molar-refractivity contribution in [1.82, 2.24) is 5.32 Å². The van der Waals surface area contributed by atoms with Crippen molar-refractivity contribution in [3.8, 4) is 0 Å². The SMILES string of the molecule is CCCCCCCCO[C@@H]1O[C@H](CO[C@H]2O[C@H](CO)[C@@H](O)[C@H](O)[C@@H]2OC)[C@@H](O)[C@H](O[C@H]2O[C@H](CO)[C@@H](O)[C@H](O)[C@@H]2O[C@@H]2O[C@H](CO)[C@@H](O)[C@H](O)[C@H]2NC(C)=O)[C@@H]1O. The monoisotopic (exact) mass is 833 g/mol. The summed E-state index contributed by atoms with van der Waals surface area (Å²) < 4.78 is 52.0. The van der Waals surface area contributed by atoms with Crippen LogP contribution in [0.25, 0.3) is 0 Å². The number of hydrogen-bond acceptors (Lipinski definition) is 21. The van der Waals surface area contributed by atoms with Gasteiger partial charge >= 0.3 is 0 Å². The van der Waals surface area contributed by atoms with Crippen molar-refractivity contribution in [2.75, 3.05) is 40.1 Å². The molecule has 4 rings (SSSR count). The van der Waals surface area contributed by atoms with Crippen LogP contribution in [0.15, 0.2) is 0 Å². The van der Waals surface area contributed by atoms with E-state index >= 15 is 0 Å². The van der Waals surface area contributed by atoms with Gasteiger partial charge < -0.3 is 104 Å². The zero-order chi connectivity index (χ0) is 42.0. The number of rotatable bonds is 20. The molecule has 4 aliphatic rings. The predicted molar refractivity (Wildman–Crippen MR) is 187 cm³/mol. The number of aliphatic hydroxyl groups excluding tert-OH is 11. The van der Waals surface area contributed by atoms with E-state index in [0.717, 1.165) is 39.0 Å². The van der Waals surface area contributed by atoms with Crippen molar-refractivity contribution in [2.24, 2.45) is 0 Å². The molecule has 4 saturated heterocycles. The van der Waals surface area contributed by atoms with E-state index in [4.69, 9.17) is 42.6 Å². The molecule has 0 aromatic rings. The third-order valence-electron chi connectivity index (χ3n) is 10.6. The van der Waals surface area contributed by atoms with Gasteiger partial charge in [-0.05, 0) is 6.42 Å². The van der Waals surface area contributed by atoms with Gasteiger partial charge in [-0.25, -0.2) is 0 Å². The zero-order valence-corrected chi connectivity index (χ0v) is 32.3. The van der Waals surface area contributed by atoms with E-state index in [1.165, 1.54) is 7.11 Å². The molecule has 4 aliphatic heterocycles. The molecule has 0 unspecified atom stereocenters. The van der Waals surface area contributed by atoms with Gasteiger partial charge in [-0.3, -0.25) is 4.79 Å². The molecule has 22 heteroatoms. The minimum atomic E-state index is -1.94. The highest BCUT2D eigenvalue weighted by molar-refractivity contribution is 5.73.